The fraction of sp³-hybridized carbons (Fsp3) is 0.200. The van der Waals surface area contributed by atoms with Gasteiger partial charge in [0, 0.05) is 22.8 Å². The number of hydrogen-bond donors (Lipinski definition) is 1. The summed E-state index contributed by atoms with van der Waals surface area (Å²) in [6, 6.07) is 7.59. The van der Waals surface area contributed by atoms with E-state index in [0.29, 0.717) is 13.1 Å². The summed E-state index contributed by atoms with van der Waals surface area (Å²) in [5, 5.41) is 9.06. The first kappa shape index (κ1) is 12.7. The zero-order valence-electron chi connectivity index (χ0n) is 8.94. The van der Waals surface area contributed by atoms with Gasteiger partial charge in [-0.05, 0) is 22.9 Å². The molecule has 2 aromatic heterocycles. The summed E-state index contributed by atoms with van der Waals surface area (Å²) in [5.74, 6) is 0. The molecule has 2 rings (SSSR count). The summed E-state index contributed by atoms with van der Waals surface area (Å²) < 4.78 is 24.3. The van der Waals surface area contributed by atoms with E-state index in [1.165, 1.54) is 27.0 Å². The Morgan fingerprint density at radius 3 is 1.82 bits per heavy atom. The van der Waals surface area contributed by atoms with Crippen molar-refractivity contribution in [3.05, 3.63) is 44.8 Å². The van der Waals surface area contributed by atoms with Crippen LogP contribution in [0.5, 0.6) is 0 Å². The first-order valence-corrected chi connectivity index (χ1v) is 8.14. The van der Waals surface area contributed by atoms with Gasteiger partial charge in [0.2, 0.25) is 0 Å². The van der Waals surface area contributed by atoms with Gasteiger partial charge < -0.3 is 0 Å². The molecule has 0 radical (unpaired) electrons. The molecule has 0 amide bonds. The first-order chi connectivity index (χ1) is 8.05. The molecule has 0 aliphatic rings. The van der Waals surface area contributed by atoms with Crippen LogP contribution in [0.1, 0.15) is 9.75 Å². The van der Waals surface area contributed by atoms with Gasteiger partial charge in [0.1, 0.15) is 0 Å². The Labute approximate surface area is 108 Å². The normalized spacial score (nSPS) is 12.1. The van der Waals surface area contributed by atoms with E-state index in [1.54, 1.807) is 0 Å². The second-order valence-corrected chi connectivity index (χ2v) is 7.08. The number of thiophene rings is 2. The highest BCUT2D eigenvalue weighted by Gasteiger charge is 2.18. The van der Waals surface area contributed by atoms with Crippen LogP contribution >= 0.6 is 22.7 Å². The third-order valence-corrected chi connectivity index (χ3v) is 4.88. The van der Waals surface area contributed by atoms with Gasteiger partial charge in [-0.2, -0.15) is 12.7 Å². The molecule has 0 saturated heterocycles. The summed E-state index contributed by atoms with van der Waals surface area (Å²) >= 11 is 3.04. The van der Waals surface area contributed by atoms with Crippen molar-refractivity contribution in [3.8, 4) is 0 Å². The Kier molecular flexibility index (Phi) is 3.95. The van der Waals surface area contributed by atoms with Gasteiger partial charge in [-0.3, -0.25) is 0 Å². The monoisotopic (exact) mass is 288 g/mol. The predicted octanol–water partition coefficient (Wildman–Crippen LogP) is 2.02. The van der Waals surface area contributed by atoms with Crippen LogP contribution in [0.3, 0.4) is 0 Å². The van der Waals surface area contributed by atoms with E-state index < -0.39 is 10.2 Å². The van der Waals surface area contributed by atoms with Crippen LogP contribution in [-0.2, 0) is 23.3 Å². The molecule has 2 N–H and O–H groups in total. The SMILES string of the molecule is NS(=O)(=O)N(Cc1cccs1)Cc1cccs1. The average Bonchev–Trinajstić information content (AvgIpc) is 2.87. The fourth-order valence-corrected chi connectivity index (χ4v) is 3.63. The van der Waals surface area contributed by atoms with Gasteiger partial charge in [-0.25, -0.2) is 5.14 Å². The molecular weight excluding hydrogens is 276 g/mol. The van der Waals surface area contributed by atoms with Crippen LogP contribution < -0.4 is 5.14 Å². The first-order valence-electron chi connectivity index (χ1n) is 4.88. The highest BCUT2D eigenvalue weighted by atomic mass is 32.2. The fourth-order valence-electron chi connectivity index (χ4n) is 1.39. The van der Waals surface area contributed by atoms with E-state index in [9.17, 15) is 8.42 Å². The molecule has 0 aliphatic heterocycles. The maximum absolute atomic E-state index is 11.5. The van der Waals surface area contributed by atoms with Gasteiger partial charge >= 0.3 is 0 Å². The predicted molar refractivity (Wildman–Crippen MR) is 71.0 cm³/mol. The van der Waals surface area contributed by atoms with E-state index in [2.05, 4.69) is 0 Å². The Hall–Kier alpha value is -0.730. The Bertz CT molecular complexity index is 510. The lowest BCUT2D eigenvalue weighted by Gasteiger charge is -2.17. The van der Waals surface area contributed by atoms with Crippen molar-refractivity contribution in [1.82, 2.24) is 4.31 Å². The molecule has 2 aromatic rings. The molecule has 0 unspecified atom stereocenters. The molecule has 0 bridgehead atoms. The lowest BCUT2D eigenvalue weighted by molar-refractivity contribution is 0.408. The van der Waals surface area contributed by atoms with Crippen molar-refractivity contribution in [2.45, 2.75) is 13.1 Å². The van der Waals surface area contributed by atoms with E-state index in [4.69, 9.17) is 5.14 Å². The highest BCUT2D eigenvalue weighted by molar-refractivity contribution is 7.86. The number of nitrogens with two attached hydrogens (primary N) is 1. The van der Waals surface area contributed by atoms with Crippen LogP contribution in [0.4, 0.5) is 0 Å². The van der Waals surface area contributed by atoms with Crippen molar-refractivity contribution >= 4 is 32.9 Å². The van der Waals surface area contributed by atoms with Crippen molar-refractivity contribution in [2.75, 3.05) is 0 Å². The van der Waals surface area contributed by atoms with Crippen LogP contribution in [0, 0.1) is 0 Å². The minimum atomic E-state index is -3.67. The van der Waals surface area contributed by atoms with Crippen molar-refractivity contribution in [3.63, 3.8) is 0 Å². The van der Waals surface area contributed by atoms with E-state index >= 15 is 0 Å². The topological polar surface area (TPSA) is 63.4 Å². The maximum Gasteiger partial charge on any atom is 0.277 e. The molecule has 0 spiro atoms. The zero-order valence-corrected chi connectivity index (χ0v) is 11.4. The van der Waals surface area contributed by atoms with E-state index in [1.807, 2.05) is 35.0 Å². The lowest BCUT2D eigenvalue weighted by atomic mass is 10.4. The van der Waals surface area contributed by atoms with Crippen LogP contribution in [0.15, 0.2) is 35.0 Å². The smallest absolute Gasteiger partial charge is 0.216 e. The number of rotatable bonds is 5. The Morgan fingerprint density at radius 1 is 1.06 bits per heavy atom. The second kappa shape index (κ2) is 5.28. The molecule has 0 aromatic carbocycles. The number of hydrogen-bond acceptors (Lipinski definition) is 4. The van der Waals surface area contributed by atoms with Crippen molar-refractivity contribution < 1.29 is 8.42 Å². The summed E-state index contributed by atoms with van der Waals surface area (Å²) in [4.78, 5) is 1.96. The third-order valence-electron chi connectivity index (χ3n) is 2.18. The highest BCUT2D eigenvalue weighted by Crippen LogP contribution is 2.18. The van der Waals surface area contributed by atoms with Gasteiger partial charge in [0.05, 0.1) is 0 Å². The minimum Gasteiger partial charge on any atom is -0.216 e. The van der Waals surface area contributed by atoms with Crippen molar-refractivity contribution in [1.29, 1.82) is 0 Å². The standard InChI is InChI=1S/C10H12N2O2S3/c11-17(13,14)12(7-9-3-1-5-15-9)8-10-4-2-6-16-10/h1-6H,7-8H2,(H2,11,13,14). The molecule has 0 aliphatic carbocycles. The molecule has 2 heterocycles. The molecule has 17 heavy (non-hydrogen) atoms. The maximum atomic E-state index is 11.5. The minimum absolute atomic E-state index is 0.328. The Morgan fingerprint density at radius 2 is 1.53 bits per heavy atom. The lowest BCUT2D eigenvalue weighted by Crippen LogP contribution is -2.35. The summed E-state index contributed by atoms with van der Waals surface area (Å²) in [7, 11) is -3.67. The molecule has 0 saturated carbocycles. The van der Waals surface area contributed by atoms with Crippen LogP contribution in [0.2, 0.25) is 0 Å². The average molecular weight is 288 g/mol. The quantitative estimate of drug-likeness (QED) is 0.915. The molecule has 0 atom stereocenters. The van der Waals surface area contributed by atoms with Gasteiger partial charge in [-0.1, -0.05) is 12.1 Å². The number of nitrogens with zero attached hydrogens (tertiary/aromatic N) is 1. The molecule has 0 fully saturated rings. The summed E-state index contributed by atoms with van der Waals surface area (Å²) in [6.07, 6.45) is 0. The van der Waals surface area contributed by atoms with E-state index in [-0.39, 0.29) is 0 Å². The van der Waals surface area contributed by atoms with Crippen LogP contribution in [-0.4, -0.2) is 12.7 Å². The summed E-state index contributed by atoms with van der Waals surface area (Å²) in [6.45, 7) is 0.656. The van der Waals surface area contributed by atoms with Gasteiger partial charge in [0.15, 0.2) is 0 Å². The molecule has 4 nitrogen and oxygen atoms in total. The molecule has 92 valence electrons. The Balaban J connectivity index is 2.15. The molecular formula is C10H12N2O2S3. The van der Waals surface area contributed by atoms with E-state index in [0.717, 1.165) is 9.75 Å². The summed E-state index contributed by atoms with van der Waals surface area (Å²) in [5.41, 5.74) is 0. The zero-order chi connectivity index (χ0) is 12.3. The van der Waals surface area contributed by atoms with Gasteiger partial charge in [-0.15, -0.1) is 22.7 Å². The largest absolute Gasteiger partial charge is 0.277 e. The third kappa shape index (κ3) is 3.62. The van der Waals surface area contributed by atoms with Crippen molar-refractivity contribution in [2.24, 2.45) is 5.14 Å². The second-order valence-electron chi connectivity index (χ2n) is 3.47. The van der Waals surface area contributed by atoms with Gasteiger partial charge in [0.25, 0.3) is 10.2 Å². The molecule has 7 heteroatoms. The van der Waals surface area contributed by atoms with Crippen LogP contribution in [0.25, 0.3) is 0 Å².